The molecule has 0 nitrogen and oxygen atoms in total. The molecule has 2 saturated carbocycles. The van der Waals surface area contributed by atoms with E-state index >= 15 is 0 Å². The van der Waals surface area contributed by atoms with Gasteiger partial charge in [0.15, 0.2) is 5.41 Å². The number of alkyl halides is 6. The first-order valence-electron chi connectivity index (χ1n) is 6.12. The van der Waals surface area contributed by atoms with Crippen LogP contribution in [0.1, 0.15) is 33.1 Å². The van der Waals surface area contributed by atoms with Crippen molar-refractivity contribution in [3.8, 4) is 0 Å². The predicted molar refractivity (Wildman–Crippen MR) is 53.7 cm³/mol. The molecular formula is C12H16F6. The van der Waals surface area contributed by atoms with Crippen LogP contribution in [0.3, 0.4) is 0 Å². The Morgan fingerprint density at radius 3 is 1.56 bits per heavy atom. The zero-order chi connectivity index (χ0) is 13.9. The van der Waals surface area contributed by atoms with E-state index in [1.165, 1.54) is 0 Å². The van der Waals surface area contributed by atoms with Crippen LogP contribution in [0.15, 0.2) is 0 Å². The minimum absolute atomic E-state index is 0.0315. The van der Waals surface area contributed by atoms with E-state index in [0.29, 0.717) is 19.8 Å². The largest absolute Gasteiger partial charge is 0.403 e. The van der Waals surface area contributed by atoms with E-state index in [0.717, 1.165) is 0 Å². The summed E-state index contributed by atoms with van der Waals surface area (Å²) in [6.07, 6.45) is -9.39. The van der Waals surface area contributed by atoms with Crippen LogP contribution in [-0.2, 0) is 0 Å². The second-order valence-electron chi connectivity index (χ2n) is 6.01. The normalized spacial score (nSPS) is 37.3. The van der Waals surface area contributed by atoms with E-state index < -0.39 is 29.6 Å². The fraction of sp³-hybridized carbons (Fsp3) is 1.00. The molecule has 6 heteroatoms. The minimum Gasteiger partial charge on any atom is -0.170 e. The van der Waals surface area contributed by atoms with Gasteiger partial charge in [0.2, 0.25) is 0 Å². The molecule has 4 atom stereocenters. The Balaban J connectivity index is 2.34. The standard InChI is InChI=1S/C12H16F6/c1-6-3-8-4-7(6)5-9(8)10(2,11(13,14)15)12(16,17)18/h6-9H,3-5H2,1-2H3/t6-,7?,8?,9?/m1/s1. The van der Waals surface area contributed by atoms with Gasteiger partial charge in [-0.15, -0.1) is 0 Å². The van der Waals surface area contributed by atoms with Crippen molar-refractivity contribution in [2.24, 2.45) is 29.1 Å². The molecule has 2 aliphatic carbocycles. The van der Waals surface area contributed by atoms with Gasteiger partial charge in [0.25, 0.3) is 0 Å². The molecule has 3 unspecified atom stereocenters. The van der Waals surface area contributed by atoms with E-state index in [-0.39, 0.29) is 18.3 Å². The van der Waals surface area contributed by atoms with Crippen LogP contribution in [-0.4, -0.2) is 12.4 Å². The maximum absolute atomic E-state index is 13.0. The topological polar surface area (TPSA) is 0 Å². The van der Waals surface area contributed by atoms with Crippen LogP contribution < -0.4 is 0 Å². The summed E-state index contributed by atoms with van der Waals surface area (Å²) in [4.78, 5) is 0. The molecule has 0 heterocycles. The van der Waals surface area contributed by atoms with E-state index in [1.807, 2.05) is 6.92 Å². The summed E-state index contributed by atoms with van der Waals surface area (Å²) in [5, 5.41) is 0. The Hall–Kier alpha value is -0.420. The molecule has 0 aromatic carbocycles. The fourth-order valence-corrected chi connectivity index (χ4v) is 3.85. The van der Waals surface area contributed by atoms with Gasteiger partial charge < -0.3 is 0 Å². The summed E-state index contributed by atoms with van der Waals surface area (Å²) in [6, 6.07) is 0. The highest BCUT2D eigenvalue weighted by Gasteiger charge is 2.73. The maximum atomic E-state index is 13.0. The summed E-state index contributed by atoms with van der Waals surface area (Å²) >= 11 is 0. The van der Waals surface area contributed by atoms with Crippen LogP contribution in [0.2, 0.25) is 0 Å². The molecule has 0 aromatic rings. The minimum atomic E-state index is -5.23. The third kappa shape index (κ3) is 1.74. The van der Waals surface area contributed by atoms with Gasteiger partial charge in [-0.05, 0) is 49.9 Å². The molecule has 2 bridgehead atoms. The smallest absolute Gasteiger partial charge is 0.170 e. The van der Waals surface area contributed by atoms with Crippen molar-refractivity contribution >= 4 is 0 Å². The molecule has 106 valence electrons. The molecule has 2 aliphatic rings. The highest BCUT2D eigenvalue weighted by Crippen LogP contribution is 2.65. The zero-order valence-electron chi connectivity index (χ0n) is 10.2. The molecule has 0 amide bonds. The van der Waals surface area contributed by atoms with Crippen molar-refractivity contribution in [3.05, 3.63) is 0 Å². The van der Waals surface area contributed by atoms with Crippen LogP contribution in [0.4, 0.5) is 26.3 Å². The average Bonchev–Trinajstić information content (AvgIpc) is 2.70. The van der Waals surface area contributed by atoms with Gasteiger partial charge in [0.1, 0.15) is 0 Å². The average molecular weight is 274 g/mol. The summed E-state index contributed by atoms with van der Waals surface area (Å²) in [6.45, 7) is 2.25. The van der Waals surface area contributed by atoms with E-state index in [2.05, 4.69) is 0 Å². The Morgan fingerprint density at radius 1 is 0.778 bits per heavy atom. The van der Waals surface area contributed by atoms with Crippen molar-refractivity contribution in [1.29, 1.82) is 0 Å². The van der Waals surface area contributed by atoms with Gasteiger partial charge in [0, 0.05) is 0 Å². The van der Waals surface area contributed by atoms with Crippen LogP contribution in [0, 0.1) is 29.1 Å². The fourth-order valence-electron chi connectivity index (χ4n) is 3.85. The van der Waals surface area contributed by atoms with Gasteiger partial charge in [0.05, 0.1) is 0 Å². The van der Waals surface area contributed by atoms with Crippen molar-refractivity contribution in [1.82, 2.24) is 0 Å². The van der Waals surface area contributed by atoms with Crippen molar-refractivity contribution in [2.75, 3.05) is 0 Å². The lowest BCUT2D eigenvalue weighted by Crippen LogP contribution is -2.54. The van der Waals surface area contributed by atoms with Crippen molar-refractivity contribution in [3.63, 3.8) is 0 Å². The molecule has 0 spiro atoms. The van der Waals surface area contributed by atoms with Crippen molar-refractivity contribution < 1.29 is 26.3 Å². The second kappa shape index (κ2) is 3.79. The highest BCUT2D eigenvalue weighted by atomic mass is 19.4. The molecule has 0 radical (unpaired) electrons. The Kier molecular flexibility index (Phi) is 2.95. The van der Waals surface area contributed by atoms with Crippen LogP contribution >= 0.6 is 0 Å². The Morgan fingerprint density at radius 2 is 1.28 bits per heavy atom. The van der Waals surface area contributed by atoms with E-state index in [1.54, 1.807) is 0 Å². The van der Waals surface area contributed by atoms with Gasteiger partial charge in [-0.2, -0.15) is 26.3 Å². The summed E-state index contributed by atoms with van der Waals surface area (Å²) in [5.74, 6) is -1.45. The van der Waals surface area contributed by atoms with Gasteiger partial charge in [-0.25, -0.2) is 0 Å². The lowest BCUT2D eigenvalue weighted by atomic mass is 9.66. The number of hydrogen-bond acceptors (Lipinski definition) is 0. The number of hydrogen-bond donors (Lipinski definition) is 0. The third-order valence-corrected chi connectivity index (χ3v) is 5.13. The summed E-state index contributed by atoms with van der Waals surface area (Å²) in [7, 11) is 0. The maximum Gasteiger partial charge on any atom is 0.403 e. The zero-order valence-corrected chi connectivity index (χ0v) is 10.2. The lowest BCUT2D eigenvalue weighted by Gasteiger charge is -2.43. The number of halogens is 6. The Labute approximate surface area is 102 Å². The van der Waals surface area contributed by atoms with Crippen LogP contribution in [0.5, 0.6) is 0 Å². The number of fused-ring (bicyclic) bond motifs is 2. The predicted octanol–water partition coefficient (Wildman–Crippen LogP) is 4.80. The molecule has 0 aliphatic heterocycles. The molecule has 0 N–H and O–H groups in total. The van der Waals surface area contributed by atoms with Crippen molar-refractivity contribution in [2.45, 2.75) is 45.5 Å². The molecular weight excluding hydrogens is 258 g/mol. The summed E-state index contributed by atoms with van der Waals surface area (Å²) in [5.41, 5.74) is -3.56. The van der Waals surface area contributed by atoms with E-state index in [9.17, 15) is 26.3 Å². The first kappa shape index (κ1) is 14.0. The SMILES string of the molecule is C[C@@H]1CC2CC1CC2C(C)(C(F)(F)F)C(F)(F)F. The number of rotatable bonds is 1. The molecule has 2 fully saturated rings. The van der Waals surface area contributed by atoms with Gasteiger partial charge in [-0.3, -0.25) is 0 Å². The van der Waals surface area contributed by atoms with Gasteiger partial charge in [-0.1, -0.05) is 6.92 Å². The summed E-state index contributed by atoms with van der Waals surface area (Å²) < 4.78 is 77.7. The molecule has 2 rings (SSSR count). The first-order chi connectivity index (χ1) is 7.98. The molecule has 0 aromatic heterocycles. The monoisotopic (exact) mass is 274 g/mol. The molecule has 18 heavy (non-hydrogen) atoms. The second-order valence-corrected chi connectivity index (χ2v) is 6.01. The Bertz CT molecular complexity index is 312. The quantitative estimate of drug-likeness (QED) is 0.602. The molecule has 0 saturated heterocycles. The first-order valence-corrected chi connectivity index (χ1v) is 6.12. The van der Waals surface area contributed by atoms with Gasteiger partial charge >= 0.3 is 12.4 Å². The van der Waals surface area contributed by atoms with E-state index in [4.69, 9.17) is 0 Å². The van der Waals surface area contributed by atoms with Crippen LogP contribution in [0.25, 0.3) is 0 Å². The highest BCUT2D eigenvalue weighted by molar-refractivity contribution is 5.05. The lowest BCUT2D eigenvalue weighted by molar-refractivity contribution is -0.356. The third-order valence-electron chi connectivity index (χ3n) is 5.13.